The Hall–Kier alpha value is -7.00. The van der Waals surface area contributed by atoms with Crippen LogP contribution in [0, 0.1) is 0 Å². The van der Waals surface area contributed by atoms with Crippen LogP contribution in [-0.2, 0) is 0 Å². The number of thiophene rings is 1. The Labute approximate surface area is 332 Å². The molecule has 0 bridgehead atoms. The molecule has 0 amide bonds. The molecular formula is C54H37NS. The summed E-state index contributed by atoms with van der Waals surface area (Å²) in [4.78, 5) is 2.36. The first-order valence-electron chi connectivity index (χ1n) is 19.1. The van der Waals surface area contributed by atoms with Crippen LogP contribution >= 0.6 is 11.3 Å². The molecule has 0 radical (unpaired) electrons. The number of rotatable bonds is 8. The van der Waals surface area contributed by atoms with Crippen LogP contribution in [0.3, 0.4) is 0 Å². The first-order chi connectivity index (χ1) is 27.8. The van der Waals surface area contributed by atoms with E-state index in [2.05, 4.69) is 229 Å². The summed E-state index contributed by atoms with van der Waals surface area (Å²) >= 11 is 1.88. The molecule has 0 saturated carbocycles. The number of fused-ring (bicyclic) bond motifs is 3. The van der Waals surface area contributed by atoms with Gasteiger partial charge in [0, 0.05) is 42.8 Å². The second-order valence-corrected chi connectivity index (χ2v) is 15.2. The molecule has 0 N–H and O–H groups in total. The summed E-state index contributed by atoms with van der Waals surface area (Å²) in [5, 5.41) is 2.63. The van der Waals surface area contributed by atoms with Crippen LogP contribution < -0.4 is 4.90 Å². The minimum Gasteiger partial charge on any atom is -0.311 e. The molecule has 0 unspecified atom stereocenters. The van der Waals surface area contributed by atoms with Gasteiger partial charge in [0.25, 0.3) is 0 Å². The van der Waals surface area contributed by atoms with Gasteiger partial charge in [0.05, 0.1) is 0 Å². The largest absolute Gasteiger partial charge is 0.311 e. The van der Waals surface area contributed by atoms with Gasteiger partial charge in [0.1, 0.15) is 0 Å². The maximum atomic E-state index is 2.36. The van der Waals surface area contributed by atoms with E-state index in [0.717, 1.165) is 17.1 Å². The number of hydrogen-bond donors (Lipinski definition) is 0. The Morgan fingerprint density at radius 2 is 0.643 bits per heavy atom. The molecule has 0 saturated heterocycles. The molecule has 0 spiro atoms. The molecular weight excluding hydrogens is 695 g/mol. The van der Waals surface area contributed by atoms with E-state index >= 15 is 0 Å². The van der Waals surface area contributed by atoms with Gasteiger partial charge < -0.3 is 4.90 Å². The fourth-order valence-corrected chi connectivity index (χ4v) is 9.15. The Bertz CT molecular complexity index is 2900. The number of hydrogen-bond acceptors (Lipinski definition) is 2. The predicted octanol–water partition coefficient (Wildman–Crippen LogP) is 15.9. The summed E-state index contributed by atoms with van der Waals surface area (Å²) in [7, 11) is 0. The third kappa shape index (κ3) is 6.36. The quantitative estimate of drug-likeness (QED) is 0.150. The molecule has 0 aliphatic heterocycles. The summed E-state index contributed by atoms with van der Waals surface area (Å²) in [5.41, 5.74) is 15.5. The van der Waals surface area contributed by atoms with Gasteiger partial charge in [0.2, 0.25) is 0 Å². The minimum absolute atomic E-state index is 1.10. The van der Waals surface area contributed by atoms with Gasteiger partial charge in [-0.1, -0.05) is 182 Å². The Kier molecular flexibility index (Phi) is 8.79. The van der Waals surface area contributed by atoms with Gasteiger partial charge >= 0.3 is 0 Å². The summed E-state index contributed by atoms with van der Waals surface area (Å²) in [5.74, 6) is 0. The van der Waals surface area contributed by atoms with Crippen molar-refractivity contribution in [3.8, 4) is 55.6 Å². The number of anilines is 3. The van der Waals surface area contributed by atoms with E-state index in [4.69, 9.17) is 0 Å². The van der Waals surface area contributed by atoms with Crippen LogP contribution in [0.15, 0.2) is 224 Å². The van der Waals surface area contributed by atoms with E-state index in [-0.39, 0.29) is 0 Å². The van der Waals surface area contributed by atoms with E-state index in [9.17, 15) is 0 Å². The molecule has 10 rings (SSSR count). The minimum atomic E-state index is 1.10. The summed E-state index contributed by atoms with van der Waals surface area (Å²) in [6, 6.07) is 81.1. The van der Waals surface area contributed by atoms with Gasteiger partial charge in [-0.15, -0.1) is 11.3 Å². The summed E-state index contributed by atoms with van der Waals surface area (Å²) < 4.78 is 2.64. The Morgan fingerprint density at radius 1 is 0.268 bits per heavy atom. The number of benzene rings is 9. The molecule has 0 fully saturated rings. The first-order valence-corrected chi connectivity index (χ1v) is 19.9. The normalized spacial score (nSPS) is 11.2. The van der Waals surface area contributed by atoms with Crippen molar-refractivity contribution in [1.29, 1.82) is 0 Å². The van der Waals surface area contributed by atoms with Gasteiger partial charge in [-0.05, 0) is 92.5 Å². The molecule has 1 heterocycles. The van der Waals surface area contributed by atoms with Crippen molar-refractivity contribution in [1.82, 2.24) is 0 Å². The van der Waals surface area contributed by atoms with E-state index in [0.29, 0.717) is 0 Å². The average molecular weight is 732 g/mol. The maximum Gasteiger partial charge on any atom is 0.0462 e. The third-order valence-corrected chi connectivity index (χ3v) is 11.9. The Morgan fingerprint density at radius 3 is 1.12 bits per heavy atom. The average Bonchev–Trinajstić information content (AvgIpc) is 3.67. The molecule has 0 atom stereocenters. The van der Waals surface area contributed by atoms with Crippen molar-refractivity contribution in [3.05, 3.63) is 224 Å². The van der Waals surface area contributed by atoms with Crippen molar-refractivity contribution in [2.24, 2.45) is 0 Å². The molecule has 1 nitrogen and oxygen atoms in total. The van der Waals surface area contributed by atoms with Crippen molar-refractivity contribution < 1.29 is 0 Å². The van der Waals surface area contributed by atoms with Crippen molar-refractivity contribution >= 4 is 48.6 Å². The fraction of sp³-hybridized carbons (Fsp3) is 0. The monoisotopic (exact) mass is 731 g/mol. The highest BCUT2D eigenvalue weighted by Crippen LogP contribution is 2.45. The van der Waals surface area contributed by atoms with Gasteiger partial charge in [-0.25, -0.2) is 0 Å². The van der Waals surface area contributed by atoms with Crippen LogP contribution in [-0.4, -0.2) is 0 Å². The molecule has 264 valence electrons. The fourth-order valence-electron chi connectivity index (χ4n) is 7.88. The van der Waals surface area contributed by atoms with Crippen LogP contribution in [0.25, 0.3) is 75.8 Å². The van der Waals surface area contributed by atoms with Crippen LogP contribution in [0.2, 0.25) is 0 Å². The zero-order valence-corrected chi connectivity index (χ0v) is 31.5. The third-order valence-electron chi connectivity index (χ3n) is 10.7. The van der Waals surface area contributed by atoms with E-state index < -0.39 is 0 Å². The van der Waals surface area contributed by atoms with Crippen LogP contribution in [0.5, 0.6) is 0 Å². The predicted molar refractivity (Wildman–Crippen MR) is 241 cm³/mol. The van der Waals surface area contributed by atoms with E-state index in [1.54, 1.807) is 0 Å². The maximum absolute atomic E-state index is 2.36. The molecule has 0 aliphatic rings. The highest BCUT2D eigenvalue weighted by atomic mass is 32.1. The van der Waals surface area contributed by atoms with E-state index in [1.165, 1.54) is 75.8 Å². The molecule has 10 aromatic rings. The lowest BCUT2D eigenvalue weighted by Gasteiger charge is -2.26. The van der Waals surface area contributed by atoms with Gasteiger partial charge in [-0.3, -0.25) is 0 Å². The highest BCUT2D eigenvalue weighted by Gasteiger charge is 2.18. The first kappa shape index (κ1) is 33.6. The lowest BCUT2D eigenvalue weighted by molar-refractivity contribution is 1.28. The van der Waals surface area contributed by atoms with E-state index in [1.807, 2.05) is 11.3 Å². The van der Waals surface area contributed by atoms with Crippen molar-refractivity contribution in [2.45, 2.75) is 0 Å². The second kappa shape index (κ2) is 14.7. The van der Waals surface area contributed by atoms with Crippen LogP contribution in [0.4, 0.5) is 17.1 Å². The Balaban J connectivity index is 1.04. The topological polar surface area (TPSA) is 3.24 Å². The highest BCUT2D eigenvalue weighted by molar-refractivity contribution is 7.26. The smallest absolute Gasteiger partial charge is 0.0462 e. The van der Waals surface area contributed by atoms with Gasteiger partial charge in [-0.2, -0.15) is 0 Å². The van der Waals surface area contributed by atoms with Gasteiger partial charge in [0.15, 0.2) is 0 Å². The van der Waals surface area contributed by atoms with Crippen molar-refractivity contribution in [2.75, 3.05) is 4.90 Å². The SMILES string of the molecule is c1ccc(-c2ccc(-c3ccc(N(c4ccc(-c5ccccc5)cc4)c4ccc(-c5ccc6c(sc7ccccc76)c5-c5ccccc5)cc4)cc3)cc2)cc1. The summed E-state index contributed by atoms with van der Waals surface area (Å²) in [6.45, 7) is 0. The van der Waals surface area contributed by atoms with Crippen LogP contribution in [0.1, 0.15) is 0 Å². The van der Waals surface area contributed by atoms with Crippen molar-refractivity contribution in [3.63, 3.8) is 0 Å². The second-order valence-electron chi connectivity index (χ2n) is 14.1. The lowest BCUT2D eigenvalue weighted by atomic mass is 9.92. The number of nitrogens with zero attached hydrogens (tertiary/aromatic N) is 1. The summed E-state index contributed by atoms with van der Waals surface area (Å²) in [6.07, 6.45) is 0. The molecule has 9 aromatic carbocycles. The molecule has 56 heavy (non-hydrogen) atoms. The lowest BCUT2D eigenvalue weighted by Crippen LogP contribution is -2.09. The molecule has 2 heteroatoms. The molecule has 1 aromatic heterocycles. The zero-order chi connectivity index (χ0) is 37.3. The molecule has 0 aliphatic carbocycles. The zero-order valence-electron chi connectivity index (χ0n) is 30.7. The standard InChI is InChI=1S/C54H37NS/c1-4-12-38(13-5-1)40-20-22-41(23-21-40)43-26-32-47(33-27-43)55(46-30-24-42(25-31-46)39-14-6-2-7-15-39)48-34-28-44(29-35-48)49-36-37-51-50-18-10-11-19-52(50)56-54(51)53(49)45-16-8-3-9-17-45/h1-37H.